The number of carbonyl (C=O) groups excluding carboxylic acids is 1. The fourth-order valence-electron chi connectivity index (χ4n) is 1.95. The molecule has 1 rings (SSSR count). The van der Waals surface area contributed by atoms with Gasteiger partial charge in [-0.1, -0.05) is 19.1 Å². The van der Waals surface area contributed by atoms with Crippen molar-refractivity contribution in [3.05, 3.63) is 29.8 Å². The van der Waals surface area contributed by atoms with Gasteiger partial charge in [-0.05, 0) is 44.5 Å². The summed E-state index contributed by atoms with van der Waals surface area (Å²) in [6.45, 7) is 8.36. The van der Waals surface area contributed by atoms with Crippen LogP contribution < -0.4 is 15.4 Å². The van der Waals surface area contributed by atoms with E-state index in [2.05, 4.69) is 24.5 Å². The van der Waals surface area contributed by atoms with Gasteiger partial charge in [0.15, 0.2) is 0 Å². The maximum atomic E-state index is 11.7. The molecular formula is C16H26N2O2. The Morgan fingerprint density at radius 3 is 2.55 bits per heavy atom. The number of rotatable bonds is 9. The molecule has 0 aromatic heterocycles. The number of hydrogen-bond acceptors (Lipinski definition) is 3. The highest BCUT2D eigenvalue weighted by atomic mass is 16.5. The zero-order valence-electron chi connectivity index (χ0n) is 12.7. The third-order valence-electron chi connectivity index (χ3n) is 3.03. The molecule has 1 atom stereocenters. The van der Waals surface area contributed by atoms with E-state index in [0.717, 1.165) is 24.3 Å². The topological polar surface area (TPSA) is 50.4 Å². The first-order valence-electron chi connectivity index (χ1n) is 7.37. The second-order valence-electron chi connectivity index (χ2n) is 4.84. The first-order chi connectivity index (χ1) is 9.65. The van der Waals surface area contributed by atoms with Gasteiger partial charge >= 0.3 is 0 Å². The van der Waals surface area contributed by atoms with Crippen LogP contribution in [0.25, 0.3) is 0 Å². The van der Waals surface area contributed by atoms with Gasteiger partial charge in [-0.25, -0.2) is 0 Å². The first kappa shape index (κ1) is 16.5. The highest BCUT2D eigenvalue weighted by Crippen LogP contribution is 2.13. The molecular weight excluding hydrogens is 252 g/mol. The van der Waals surface area contributed by atoms with Crippen LogP contribution in [0.15, 0.2) is 24.3 Å². The zero-order valence-corrected chi connectivity index (χ0v) is 12.7. The van der Waals surface area contributed by atoms with E-state index in [4.69, 9.17) is 4.74 Å². The van der Waals surface area contributed by atoms with Crippen molar-refractivity contribution in [2.75, 3.05) is 19.7 Å². The van der Waals surface area contributed by atoms with Gasteiger partial charge < -0.3 is 15.4 Å². The molecule has 0 aliphatic heterocycles. The summed E-state index contributed by atoms with van der Waals surface area (Å²) in [6, 6.07) is 8.24. The van der Waals surface area contributed by atoms with E-state index in [0.29, 0.717) is 25.6 Å². The average Bonchev–Trinajstić information content (AvgIpc) is 2.45. The summed E-state index contributed by atoms with van der Waals surface area (Å²) in [7, 11) is 0. The molecule has 0 heterocycles. The van der Waals surface area contributed by atoms with Crippen LogP contribution in [0.1, 0.15) is 32.8 Å². The molecule has 0 aliphatic rings. The molecule has 0 radical (unpaired) electrons. The van der Waals surface area contributed by atoms with Crippen molar-refractivity contribution in [2.24, 2.45) is 0 Å². The van der Waals surface area contributed by atoms with E-state index < -0.39 is 0 Å². The van der Waals surface area contributed by atoms with E-state index >= 15 is 0 Å². The van der Waals surface area contributed by atoms with Gasteiger partial charge in [0, 0.05) is 19.0 Å². The van der Waals surface area contributed by atoms with Crippen LogP contribution in [0.2, 0.25) is 0 Å². The van der Waals surface area contributed by atoms with Crippen molar-refractivity contribution in [3.8, 4) is 5.75 Å². The van der Waals surface area contributed by atoms with E-state index in [1.165, 1.54) is 0 Å². The molecule has 0 spiro atoms. The van der Waals surface area contributed by atoms with Crippen molar-refractivity contribution in [2.45, 2.75) is 39.7 Å². The molecule has 112 valence electrons. The Balaban J connectivity index is 2.26. The van der Waals surface area contributed by atoms with E-state index in [-0.39, 0.29) is 5.91 Å². The van der Waals surface area contributed by atoms with Crippen LogP contribution in [0.4, 0.5) is 0 Å². The Bertz CT molecular complexity index is 390. The van der Waals surface area contributed by atoms with Crippen LogP contribution >= 0.6 is 0 Å². The van der Waals surface area contributed by atoms with Gasteiger partial charge in [0.1, 0.15) is 5.75 Å². The summed E-state index contributed by atoms with van der Waals surface area (Å²) in [4.78, 5) is 11.7. The lowest BCUT2D eigenvalue weighted by Gasteiger charge is -2.13. The second-order valence-corrected chi connectivity index (χ2v) is 4.84. The Labute approximate surface area is 121 Å². The predicted octanol–water partition coefficient (Wildman–Crippen LogP) is 2.13. The van der Waals surface area contributed by atoms with Crippen molar-refractivity contribution in [1.82, 2.24) is 10.6 Å². The molecule has 4 nitrogen and oxygen atoms in total. The highest BCUT2D eigenvalue weighted by molar-refractivity contribution is 5.76. The molecule has 4 heteroatoms. The van der Waals surface area contributed by atoms with Gasteiger partial charge in [0.25, 0.3) is 0 Å². The largest absolute Gasteiger partial charge is 0.494 e. The van der Waals surface area contributed by atoms with Gasteiger partial charge in [-0.3, -0.25) is 4.79 Å². The summed E-state index contributed by atoms with van der Waals surface area (Å²) in [5, 5.41) is 6.21. The lowest BCUT2D eigenvalue weighted by atomic mass is 10.1. The van der Waals surface area contributed by atoms with Crippen LogP contribution in [-0.2, 0) is 11.2 Å². The molecule has 0 saturated heterocycles. The molecule has 1 aromatic carbocycles. The molecule has 0 saturated carbocycles. The summed E-state index contributed by atoms with van der Waals surface area (Å²) in [5.74, 6) is 0.976. The minimum absolute atomic E-state index is 0.101. The summed E-state index contributed by atoms with van der Waals surface area (Å²) in [6.07, 6.45) is 1.28. The number of hydrogen-bond donors (Lipinski definition) is 2. The van der Waals surface area contributed by atoms with Crippen molar-refractivity contribution < 1.29 is 9.53 Å². The molecule has 1 aromatic rings. The SMILES string of the molecule is CCN[C@H](C)CNC(=O)CCc1ccc(OCC)cc1. The van der Waals surface area contributed by atoms with Crippen molar-refractivity contribution in [1.29, 1.82) is 0 Å². The summed E-state index contributed by atoms with van der Waals surface area (Å²) < 4.78 is 5.39. The van der Waals surface area contributed by atoms with Gasteiger partial charge in [-0.15, -0.1) is 0 Å². The number of nitrogens with one attached hydrogen (secondary N) is 2. The number of likely N-dealkylation sites (N-methyl/N-ethyl adjacent to an activating group) is 1. The van der Waals surface area contributed by atoms with Crippen molar-refractivity contribution >= 4 is 5.91 Å². The average molecular weight is 278 g/mol. The molecule has 0 bridgehead atoms. The maximum absolute atomic E-state index is 11.7. The first-order valence-corrected chi connectivity index (χ1v) is 7.37. The Kier molecular flexibility index (Phi) is 7.73. The summed E-state index contributed by atoms with van der Waals surface area (Å²) >= 11 is 0. The number of aryl methyl sites for hydroxylation is 1. The number of amides is 1. The minimum atomic E-state index is 0.101. The van der Waals surface area contributed by atoms with Gasteiger partial charge in [0.05, 0.1) is 6.61 Å². The quantitative estimate of drug-likeness (QED) is 0.727. The third kappa shape index (κ3) is 6.57. The fourth-order valence-corrected chi connectivity index (χ4v) is 1.95. The lowest BCUT2D eigenvalue weighted by Crippen LogP contribution is -2.38. The number of benzene rings is 1. The minimum Gasteiger partial charge on any atom is -0.494 e. The monoisotopic (exact) mass is 278 g/mol. The van der Waals surface area contributed by atoms with Crippen molar-refractivity contribution in [3.63, 3.8) is 0 Å². The molecule has 20 heavy (non-hydrogen) atoms. The lowest BCUT2D eigenvalue weighted by molar-refractivity contribution is -0.121. The third-order valence-corrected chi connectivity index (χ3v) is 3.03. The Morgan fingerprint density at radius 1 is 1.25 bits per heavy atom. The molecule has 1 amide bonds. The zero-order chi connectivity index (χ0) is 14.8. The number of ether oxygens (including phenoxy) is 1. The predicted molar refractivity (Wildman–Crippen MR) is 82.1 cm³/mol. The van der Waals surface area contributed by atoms with Crippen LogP contribution in [0.3, 0.4) is 0 Å². The van der Waals surface area contributed by atoms with Crippen LogP contribution in [0.5, 0.6) is 5.75 Å². The van der Waals surface area contributed by atoms with Gasteiger partial charge in [-0.2, -0.15) is 0 Å². The van der Waals surface area contributed by atoms with Gasteiger partial charge in [0.2, 0.25) is 5.91 Å². The normalized spacial score (nSPS) is 11.9. The second kappa shape index (κ2) is 9.37. The van der Waals surface area contributed by atoms with E-state index in [1.807, 2.05) is 31.2 Å². The summed E-state index contributed by atoms with van der Waals surface area (Å²) in [5.41, 5.74) is 1.16. The highest BCUT2D eigenvalue weighted by Gasteiger charge is 2.05. The standard InChI is InChI=1S/C16H26N2O2/c1-4-17-13(3)12-18-16(19)11-8-14-6-9-15(10-7-14)20-5-2/h6-7,9-10,13,17H,4-5,8,11-12H2,1-3H3,(H,18,19)/t13-/m1/s1. The van der Waals surface area contributed by atoms with E-state index in [9.17, 15) is 4.79 Å². The molecule has 2 N–H and O–H groups in total. The van der Waals surface area contributed by atoms with Crippen LogP contribution in [-0.4, -0.2) is 31.6 Å². The molecule has 0 fully saturated rings. The Morgan fingerprint density at radius 2 is 1.95 bits per heavy atom. The molecule has 0 aliphatic carbocycles. The maximum Gasteiger partial charge on any atom is 0.220 e. The smallest absolute Gasteiger partial charge is 0.220 e. The fraction of sp³-hybridized carbons (Fsp3) is 0.562. The number of carbonyl (C=O) groups is 1. The van der Waals surface area contributed by atoms with E-state index in [1.54, 1.807) is 0 Å². The van der Waals surface area contributed by atoms with Crippen LogP contribution in [0, 0.1) is 0 Å². The Hall–Kier alpha value is -1.55. The molecule has 0 unspecified atom stereocenters.